The van der Waals surface area contributed by atoms with E-state index in [9.17, 15) is 9.59 Å². The van der Waals surface area contributed by atoms with Crippen LogP contribution in [0.2, 0.25) is 0 Å². The first-order valence-electron chi connectivity index (χ1n) is 8.84. The van der Waals surface area contributed by atoms with Gasteiger partial charge < -0.3 is 4.74 Å². The molecule has 0 fully saturated rings. The summed E-state index contributed by atoms with van der Waals surface area (Å²) < 4.78 is 6.20. The first-order valence-corrected chi connectivity index (χ1v) is 9.66. The van der Waals surface area contributed by atoms with Crippen molar-refractivity contribution in [1.29, 1.82) is 0 Å². The Morgan fingerprint density at radius 3 is 2.50 bits per heavy atom. The van der Waals surface area contributed by atoms with E-state index in [1.54, 1.807) is 12.1 Å². The van der Waals surface area contributed by atoms with Crippen LogP contribution in [0.1, 0.15) is 17.4 Å². The fraction of sp³-hybridized carbons (Fsp3) is 0.143. The van der Waals surface area contributed by atoms with Crippen molar-refractivity contribution < 1.29 is 14.3 Å². The average Bonchev–Trinajstić information content (AvgIpc) is 3.15. The number of rotatable bonds is 5. The Labute approximate surface area is 165 Å². The number of fused-ring (bicyclic) bond motifs is 2. The molecule has 1 amide bonds. The summed E-state index contributed by atoms with van der Waals surface area (Å²) in [6, 6.07) is 18.6. The number of para-hydroxylation sites is 2. The molecule has 0 aliphatic carbocycles. The number of nitrogens with zero attached hydrogens (tertiary/aromatic N) is 3. The molecule has 2 aromatic carbocycles. The molecule has 28 heavy (non-hydrogen) atoms. The molecule has 0 aliphatic rings. The van der Waals surface area contributed by atoms with E-state index in [0.29, 0.717) is 17.2 Å². The average molecular weight is 391 g/mol. The summed E-state index contributed by atoms with van der Waals surface area (Å²) in [5.74, 6) is -0.949. The first-order chi connectivity index (χ1) is 13.7. The number of anilines is 1. The summed E-state index contributed by atoms with van der Waals surface area (Å²) in [7, 11) is 0. The summed E-state index contributed by atoms with van der Waals surface area (Å²) in [6.45, 7) is 1.93. The number of carbonyl (C=O) groups excluding carboxylic acids is 2. The van der Waals surface area contributed by atoms with Crippen molar-refractivity contribution in [2.75, 3.05) is 18.1 Å². The summed E-state index contributed by atoms with van der Waals surface area (Å²) in [5.41, 5.74) is 1.72. The van der Waals surface area contributed by atoms with Crippen LogP contribution >= 0.6 is 11.3 Å². The van der Waals surface area contributed by atoms with Gasteiger partial charge in [-0.25, -0.2) is 14.8 Å². The molecule has 0 atom stereocenters. The van der Waals surface area contributed by atoms with E-state index in [0.717, 1.165) is 15.6 Å². The van der Waals surface area contributed by atoms with Crippen LogP contribution in [0.5, 0.6) is 0 Å². The van der Waals surface area contributed by atoms with Crippen molar-refractivity contribution in [1.82, 2.24) is 9.97 Å². The summed E-state index contributed by atoms with van der Waals surface area (Å²) >= 11 is 1.43. The van der Waals surface area contributed by atoms with E-state index in [4.69, 9.17) is 4.74 Å². The van der Waals surface area contributed by atoms with Crippen molar-refractivity contribution in [3.8, 4) is 0 Å². The Bertz CT molecular complexity index is 1140. The van der Waals surface area contributed by atoms with Gasteiger partial charge in [0.05, 0.1) is 15.7 Å². The number of esters is 1. The molecule has 2 aromatic heterocycles. The molecule has 0 saturated carbocycles. The van der Waals surface area contributed by atoms with Gasteiger partial charge in [0.25, 0.3) is 5.91 Å². The molecule has 140 valence electrons. The molecule has 7 heteroatoms. The van der Waals surface area contributed by atoms with Gasteiger partial charge in [-0.15, -0.1) is 0 Å². The van der Waals surface area contributed by atoms with Crippen LogP contribution in [0.25, 0.3) is 21.1 Å². The molecule has 0 N–H and O–H groups in total. The molecule has 0 radical (unpaired) electrons. The highest BCUT2D eigenvalue weighted by Crippen LogP contribution is 2.28. The molecule has 0 unspecified atom stereocenters. The zero-order chi connectivity index (χ0) is 19.5. The zero-order valence-electron chi connectivity index (χ0n) is 15.2. The fourth-order valence-electron chi connectivity index (χ4n) is 2.85. The maximum Gasteiger partial charge on any atom is 0.357 e. The van der Waals surface area contributed by atoms with Gasteiger partial charge in [-0.3, -0.25) is 9.69 Å². The van der Waals surface area contributed by atoms with Gasteiger partial charge in [0, 0.05) is 11.9 Å². The fourth-order valence-corrected chi connectivity index (χ4v) is 3.90. The highest BCUT2D eigenvalue weighted by atomic mass is 32.1. The molecule has 0 spiro atoms. The van der Waals surface area contributed by atoms with Crippen molar-refractivity contribution in [2.24, 2.45) is 0 Å². The Balaban J connectivity index is 1.46. The number of ether oxygens (including phenoxy) is 1. The summed E-state index contributed by atoms with van der Waals surface area (Å²) in [4.78, 5) is 35.2. The van der Waals surface area contributed by atoms with Crippen molar-refractivity contribution >= 4 is 49.5 Å². The highest BCUT2D eigenvalue weighted by molar-refractivity contribution is 7.22. The van der Waals surface area contributed by atoms with Crippen LogP contribution in [0.15, 0.2) is 60.7 Å². The molecule has 2 heterocycles. The van der Waals surface area contributed by atoms with Crippen LogP contribution in [0.3, 0.4) is 0 Å². The van der Waals surface area contributed by atoms with E-state index >= 15 is 0 Å². The van der Waals surface area contributed by atoms with E-state index in [2.05, 4.69) is 9.97 Å². The molecule has 4 aromatic rings. The lowest BCUT2D eigenvalue weighted by Crippen LogP contribution is -2.34. The Hall–Kier alpha value is -3.32. The number of thiazole rings is 1. The SMILES string of the molecule is CCN(C(=O)COC(=O)c1ccc2ccccc2n1)c1nc2ccccc2s1. The maximum absolute atomic E-state index is 12.6. The van der Waals surface area contributed by atoms with Gasteiger partial charge in [0.1, 0.15) is 5.69 Å². The Morgan fingerprint density at radius 2 is 1.71 bits per heavy atom. The standard InChI is InChI=1S/C21H17N3O3S/c1-2-24(21-23-16-9-5-6-10-18(16)28-21)19(25)13-27-20(26)17-12-11-14-7-3-4-8-15(14)22-17/h3-12H,2,13H2,1H3. The number of pyridine rings is 1. The second-order valence-electron chi connectivity index (χ2n) is 6.07. The number of hydrogen-bond donors (Lipinski definition) is 0. The highest BCUT2D eigenvalue weighted by Gasteiger charge is 2.20. The second-order valence-corrected chi connectivity index (χ2v) is 7.08. The monoisotopic (exact) mass is 391 g/mol. The molecule has 4 rings (SSSR count). The van der Waals surface area contributed by atoms with Gasteiger partial charge in [-0.05, 0) is 31.2 Å². The quantitative estimate of drug-likeness (QED) is 0.480. The molecule has 0 bridgehead atoms. The Morgan fingerprint density at radius 1 is 0.964 bits per heavy atom. The van der Waals surface area contributed by atoms with Crippen molar-refractivity contribution in [3.05, 3.63) is 66.4 Å². The number of aromatic nitrogens is 2. The lowest BCUT2D eigenvalue weighted by Gasteiger charge is -2.17. The lowest BCUT2D eigenvalue weighted by atomic mass is 10.2. The van der Waals surface area contributed by atoms with Gasteiger partial charge >= 0.3 is 5.97 Å². The molecule has 0 saturated heterocycles. The minimum absolute atomic E-state index is 0.175. The van der Waals surface area contributed by atoms with Crippen LogP contribution in [-0.4, -0.2) is 35.0 Å². The Kier molecular flexibility index (Phi) is 4.99. The normalized spacial score (nSPS) is 10.9. The minimum Gasteiger partial charge on any atom is -0.451 e. The van der Waals surface area contributed by atoms with E-state index < -0.39 is 5.97 Å². The molecule has 0 aliphatic heterocycles. The van der Waals surface area contributed by atoms with Crippen LogP contribution in [-0.2, 0) is 9.53 Å². The van der Waals surface area contributed by atoms with Crippen LogP contribution in [0, 0.1) is 0 Å². The summed E-state index contributed by atoms with van der Waals surface area (Å²) in [6.07, 6.45) is 0. The van der Waals surface area contributed by atoms with Gasteiger partial charge in [-0.2, -0.15) is 0 Å². The van der Waals surface area contributed by atoms with Crippen molar-refractivity contribution in [3.63, 3.8) is 0 Å². The second kappa shape index (κ2) is 7.74. The third-order valence-electron chi connectivity index (χ3n) is 4.27. The number of hydrogen-bond acceptors (Lipinski definition) is 6. The molecule has 6 nitrogen and oxygen atoms in total. The van der Waals surface area contributed by atoms with Crippen LogP contribution < -0.4 is 4.90 Å². The third-order valence-corrected chi connectivity index (χ3v) is 5.32. The smallest absolute Gasteiger partial charge is 0.357 e. The van der Waals surface area contributed by atoms with E-state index in [-0.39, 0.29) is 18.2 Å². The molecular weight excluding hydrogens is 374 g/mol. The minimum atomic E-state index is -0.626. The number of amides is 1. The maximum atomic E-state index is 12.6. The topological polar surface area (TPSA) is 72.4 Å². The number of benzene rings is 2. The van der Waals surface area contributed by atoms with E-state index in [1.165, 1.54) is 16.2 Å². The number of likely N-dealkylation sites (N-methyl/N-ethyl adjacent to an activating group) is 1. The summed E-state index contributed by atoms with van der Waals surface area (Å²) in [5, 5.41) is 1.52. The van der Waals surface area contributed by atoms with Gasteiger partial charge in [-0.1, -0.05) is 47.7 Å². The lowest BCUT2D eigenvalue weighted by molar-refractivity contribution is -0.121. The van der Waals surface area contributed by atoms with Crippen LogP contribution in [0.4, 0.5) is 5.13 Å². The van der Waals surface area contributed by atoms with E-state index in [1.807, 2.05) is 55.5 Å². The zero-order valence-corrected chi connectivity index (χ0v) is 16.0. The number of carbonyl (C=O) groups is 2. The van der Waals surface area contributed by atoms with Gasteiger partial charge in [0.2, 0.25) is 0 Å². The largest absolute Gasteiger partial charge is 0.451 e. The van der Waals surface area contributed by atoms with Crippen molar-refractivity contribution in [2.45, 2.75) is 6.92 Å². The first kappa shape index (κ1) is 18.1. The predicted molar refractivity (Wildman–Crippen MR) is 110 cm³/mol. The third kappa shape index (κ3) is 3.57. The van der Waals surface area contributed by atoms with Gasteiger partial charge in [0.15, 0.2) is 11.7 Å². The molecular formula is C21H17N3O3S. The predicted octanol–water partition coefficient (Wildman–Crippen LogP) is 4.05.